The molecule has 3 aromatic rings. The van der Waals surface area contributed by atoms with Crippen molar-refractivity contribution >= 4 is 11.8 Å². The second-order valence-corrected chi connectivity index (χ2v) is 10.6. The number of likely N-dealkylation sites (tertiary alicyclic amines) is 1. The molecule has 1 aliphatic carbocycles. The third-order valence-corrected chi connectivity index (χ3v) is 8.07. The highest BCUT2D eigenvalue weighted by Crippen LogP contribution is 2.43. The van der Waals surface area contributed by atoms with Gasteiger partial charge in [-0.3, -0.25) is 19.0 Å². The van der Waals surface area contributed by atoms with Crippen molar-refractivity contribution in [1.82, 2.24) is 29.7 Å². The Hall–Kier alpha value is -4.02. The first-order chi connectivity index (χ1) is 18.3. The molecule has 1 saturated heterocycles. The van der Waals surface area contributed by atoms with Crippen LogP contribution in [0.5, 0.6) is 5.75 Å². The van der Waals surface area contributed by atoms with E-state index >= 15 is 0 Å². The summed E-state index contributed by atoms with van der Waals surface area (Å²) >= 11 is 0. The van der Waals surface area contributed by atoms with Gasteiger partial charge in [0.1, 0.15) is 11.6 Å². The number of halogens is 1. The molecule has 7 rings (SSSR count). The summed E-state index contributed by atoms with van der Waals surface area (Å²) in [6.07, 6.45) is 6.39. The van der Waals surface area contributed by atoms with E-state index < -0.39 is 28.7 Å². The molecular formula is C27H29FN6O4. The van der Waals surface area contributed by atoms with Gasteiger partial charge in [-0.05, 0) is 62.1 Å². The Bertz CT molecular complexity index is 1450. The number of hydrogen-bond acceptors (Lipinski definition) is 6. The van der Waals surface area contributed by atoms with Crippen molar-refractivity contribution in [3.8, 4) is 17.3 Å². The molecule has 3 N–H and O–H groups in total. The van der Waals surface area contributed by atoms with Crippen LogP contribution in [0.1, 0.15) is 55.6 Å². The molecule has 10 nitrogen and oxygen atoms in total. The van der Waals surface area contributed by atoms with Crippen LogP contribution in [0, 0.1) is 11.7 Å². The molecule has 2 aromatic heterocycles. The number of aromatic nitrogens is 4. The molecular weight excluding hydrogens is 491 g/mol. The van der Waals surface area contributed by atoms with E-state index in [1.54, 1.807) is 23.2 Å². The lowest BCUT2D eigenvalue weighted by Gasteiger charge is -2.37. The van der Waals surface area contributed by atoms with Crippen LogP contribution in [0.4, 0.5) is 4.39 Å². The summed E-state index contributed by atoms with van der Waals surface area (Å²) in [5.41, 5.74) is -0.0358. The summed E-state index contributed by atoms with van der Waals surface area (Å²) in [7, 11) is 0. The number of nitrogens with one attached hydrogen (secondary N) is 2. The molecule has 38 heavy (non-hydrogen) atoms. The van der Waals surface area contributed by atoms with Gasteiger partial charge in [-0.15, -0.1) is 0 Å². The molecule has 2 fully saturated rings. The molecule has 5 heterocycles. The van der Waals surface area contributed by atoms with E-state index in [9.17, 15) is 23.9 Å². The molecule has 3 aliphatic heterocycles. The first-order valence-corrected chi connectivity index (χ1v) is 13.1. The monoisotopic (exact) mass is 520 g/mol. The average molecular weight is 521 g/mol. The highest BCUT2D eigenvalue weighted by Gasteiger charge is 2.47. The summed E-state index contributed by atoms with van der Waals surface area (Å²) in [6.45, 7) is 1.51. The van der Waals surface area contributed by atoms with Crippen LogP contribution in [0.25, 0.3) is 11.5 Å². The molecule has 11 heteroatoms. The van der Waals surface area contributed by atoms with Gasteiger partial charge in [-0.25, -0.2) is 14.4 Å². The quantitative estimate of drug-likeness (QED) is 0.452. The van der Waals surface area contributed by atoms with Crippen molar-refractivity contribution < 1.29 is 19.1 Å². The zero-order chi connectivity index (χ0) is 26.4. The van der Waals surface area contributed by atoms with Crippen molar-refractivity contribution in [3.05, 3.63) is 63.7 Å². The number of rotatable bonds is 4. The van der Waals surface area contributed by atoms with Crippen molar-refractivity contribution in [2.75, 3.05) is 13.1 Å². The van der Waals surface area contributed by atoms with Crippen molar-refractivity contribution in [3.63, 3.8) is 0 Å². The fourth-order valence-electron chi connectivity index (χ4n) is 5.99. The first kappa shape index (κ1) is 24.3. The fourth-order valence-corrected chi connectivity index (χ4v) is 5.99. The lowest BCUT2D eigenvalue weighted by molar-refractivity contribution is -0.146. The first-order valence-electron chi connectivity index (χ1n) is 13.1. The Labute approximate surface area is 217 Å². The molecule has 0 radical (unpaired) electrons. The van der Waals surface area contributed by atoms with E-state index in [1.807, 2.05) is 0 Å². The third kappa shape index (κ3) is 4.25. The lowest BCUT2D eigenvalue weighted by Crippen LogP contribution is -2.53. The van der Waals surface area contributed by atoms with Gasteiger partial charge in [-0.1, -0.05) is 12.1 Å². The van der Waals surface area contributed by atoms with E-state index in [1.165, 1.54) is 16.7 Å². The van der Waals surface area contributed by atoms with Gasteiger partial charge in [0.05, 0.1) is 5.54 Å². The second kappa shape index (κ2) is 9.38. The van der Waals surface area contributed by atoms with Gasteiger partial charge in [0.2, 0.25) is 5.75 Å². The summed E-state index contributed by atoms with van der Waals surface area (Å²) in [6, 6.07) is 6.11. The number of carbonyl (C=O) groups excluding carboxylic acids is 2. The summed E-state index contributed by atoms with van der Waals surface area (Å²) in [4.78, 5) is 53.1. The maximum atomic E-state index is 13.4. The standard InChI is InChI=1S/C27H29FN6O4/c28-18-5-3-16(4-6-18)13-19-14-29-22(30-19)20-21(35)24(37)34-15-17-7-9-27(10-8-17,26(34)31-20)32-23(36)25(38)33-11-1-2-12-33/h3-6,14,17,35H,1-2,7-13,15H2,(H,29,30)(H,32,36). The minimum Gasteiger partial charge on any atom is -0.501 e. The summed E-state index contributed by atoms with van der Waals surface area (Å²) in [5, 5.41) is 13.8. The van der Waals surface area contributed by atoms with Gasteiger partial charge in [0.25, 0.3) is 5.56 Å². The van der Waals surface area contributed by atoms with E-state index in [2.05, 4.69) is 15.3 Å². The maximum absolute atomic E-state index is 13.4. The molecule has 4 aliphatic rings. The van der Waals surface area contributed by atoms with Crippen LogP contribution >= 0.6 is 0 Å². The number of benzene rings is 1. The minimum atomic E-state index is -0.995. The molecule has 1 saturated carbocycles. The zero-order valence-electron chi connectivity index (χ0n) is 20.9. The molecule has 1 aromatic carbocycles. The Morgan fingerprint density at radius 1 is 1.16 bits per heavy atom. The predicted molar refractivity (Wildman–Crippen MR) is 135 cm³/mol. The Morgan fingerprint density at radius 3 is 2.58 bits per heavy atom. The number of amides is 2. The third-order valence-electron chi connectivity index (χ3n) is 8.07. The molecule has 0 atom stereocenters. The van der Waals surface area contributed by atoms with Crippen LogP contribution in [0.3, 0.4) is 0 Å². The average Bonchev–Trinajstić information content (AvgIpc) is 3.57. The highest BCUT2D eigenvalue weighted by molar-refractivity contribution is 6.35. The number of imidazole rings is 1. The number of aromatic amines is 1. The fraction of sp³-hybridized carbons (Fsp3) is 0.444. The van der Waals surface area contributed by atoms with Crippen molar-refractivity contribution in [2.45, 2.75) is 57.0 Å². The molecule has 0 unspecified atom stereocenters. The van der Waals surface area contributed by atoms with Gasteiger partial charge in [0.15, 0.2) is 11.5 Å². The van der Waals surface area contributed by atoms with Gasteiger partial charge in [0, 0.05) is 37.9 Å². The highest BCUT2D eigenvalue weighted by atomic mass is 19.1. The van der Waals surface area contributed by atoms with E-state index in [0.717, 1.165) is 31.2 Å². The predicted octanol–water partition coefficient (Wildman–Crippen LogP) is 2.21. The van der Waals surface area contributed by atoms with Gasteiger partial charge < -0.3 is 20.3 Å². The van der Waals surface area contributed by atoms with Crippen LogP contribution < -0.4 is 10.9 Å². The Morgan fingerprint density at radius 2 is 1.87 bits per heavy atom. The molecule has 0 spiro atoms. The number of fused-ring (bicyclic) bond motifs is 2. The number of nitrogens with zero attached hydrogens (tertiary/aromatic N) is 4. The van der Waals surface area contributed by atoms with E-state index in [0.29, 0.717) is 50.4 Å². The van der Waals surface area contributed by atoms with E-state index in [4.69, 9.17) is 4.98 Å². The zero-order valence-corrected chi connectivity index (χ0v) is 20.9. The van der Waals surface area contributed by atoms with E-state index in [-0.39, 0.29) is 23.3 Å². The lowest BCUT2D eigenvalue weighted by atomic mass is 9.77. The maximum Gasteiger partial charge on any atom is 0.311 e. The minimum absolute atomic E-state index is 0.00329. The van der Waals surface area contributed by atoms with Crippen LogP contribution in [0.2, 0.25) is 0 Å². The SMILES string of the molecule is O=C(NC12CCC(CC1)Cn1c2nc(-c2ncc(Cc3ccc(F)cc3)[nH]2)c(O)c1=O)C(=O)N1CCCC1. The van der Waals surface area contributed by atoms with Crippen molar-refractivity contribution in [2.24, 2.45) is 5.92 Å². The van der Waals surface area contributed by atoms with Crippen LogP contribution in [-0.2, 0) is 28.1 Å². The topological polar surface area (TPSA) is 133 Å². The smallest absolute Gasteiger partial charge is 0.311 e. The molecule has 2 bridgehead atoms. The van der Waals surface area contributed by atoms with Crippen molar-refractivity contribution in [1.29, 1.82) is 0 Å². The normalized spacial score (nSPS) is 22.2. The Kier molecular flexibility index (Phi) is 6.00. The second-order valence-electron chi connectivity index (χ2n) is 10.6. The van der Waals surface area contributed by atoms with Crippen LogP contribution in [0.15, 0.2) is 35.3 Å². The number of hydrogen-bond donors (Lipinski definition) is 3. The summed E-state index contributed by atoms with van der Waals surface area (Å²) in [5.74, 6) is -1.33. The van der Waals surface area contributed by atoms with Gasteiger partial charge in [-0.2, -0.15) is 0 Å². The molecule has 2 amide bonds. The number of H-pyrrole nitrogens is 1. The largest absolute Gasteiger partial charge is 0.501 e. The number of aromatic hydroxyl groups is 1. The Balaban J connectivity index is 1.36. The summed E-state index contributed by atoms with van der Waals surface area (Å²) < 4.78 is 14.7. The number of carbonyl (C=O) groups is 2. The van der Waals surface area contributed by atoms with Crippen LogP contribution in [-0.4, -0.2) is 54.4 Å². The molecule has 198 valence electrons. The van der Waals surface area contributed by atoms with Gasteiger partial charge >= 0.3 is 11.8 Å².